The summed E-state index contributed by atoms with van der Waals surface area (Å²) >= 11 is 0. The zero-order chi connectivity index (χ0) is 10.6. The Morgan fingerprint density at radius 3 is 2.13 bits per heavy atom. The van der Waals surface area contributed by atoms with Gasteiger partial charge in [0, 0.05) is 0 Å². The van der Waals surface area contributed by atoms with Crippen molar-refractivity contribution >= 4 is 0 Å². The Morgan fingerprint density at radius 2 is 1.47 bits per heavy atom. The second kappa shape index (κ2) is 5.37. The van der Waals surface area contributed by atoms with Crippen molar-refractivity contribution in [3.8, 4) is 0 Å². The lowest BCUT2D eigenvalue weighted by atomic mass is 9.71. The highest BCUT2D eigenvalue weighted by molar-refractivity contribution is 4.80. The Hall–Kier alpha value is 0. The standard InChI is InChI=1S/C15H28/c1-15(11-6-3-7-12-15)13-10-14-8-4-2-5-9-14/h14H,2-13H2,1H3. The second-order valence-corrected chi connectivity index (χ2v) is 6.41. The van der Waals surface area contributed by atoms with Gasteiger partial charge in [0.1, 0.15) is 0 Å². The van der Waals surface area contributed by atoms with E-state index in [0.717, 1.165) is 11.3 Å². The highest BCUT2D eigenvalue weighted by Crippen LogP contribution is 2.41. The molecule has 0 nitrogen and oxygen atoms in total. The molecule has 2 aliphatic carbocycles. The number of hydrogen-bond acceptors (Lipinski definition) is 0. The predicted octanol–water partition coefficient (Wildman–Crippen LogP) is 5.32. The molecule has 0 amide bonds. The van der Waals surface area contributed by atoms with E-state index in [1.165, 1.54) is 77.0 Å². The molecule has 2 rings (SSSR count). The highest BCUT2D eigenvalue weighted by Gasteiger charge is 2.27. The summed E-state index contributed by atoms with van der Waals surface area (Å²) in [6.45, 7) is 2.55. The van der Waals surface area contributed by atoms with Crippen LogP contribution in [0.5, 0.6) is 0 Å². The summed E-state index contributed by atoms with van der Waals surface area (Å²) < 4.78 is 0. The first-order valence-corrected chi connectivity index (χ1v) is 7.29. The molecule has 0 atom stereocenters. The minimum absolute atomic E-state index is 0.732. The third-order valence-corrected chi connectivity index (χ3v) is 4.94. The number of rotatable bonds is 3. The lowest BCUT2D eigenvalue weighted by molar-refractivity contribution is 0.173. The molecule has 0 spiro atoms. The van der Waals surface area contributed by atoms with Gasteiger partial charge < -0.3 is 0 Å². The summed E-state index contributed by atoms with van der Waals surface area (Å²) in [5, 5.41) is 0. The van der Waals surface area contributed by atoms with Crippen LogP contribution >= 0.6 is 0 Å². The molecular formula is C15H28. The summed E-state index contributed by atoms with van der Waals surface area (Å²) in [5.41, 5.74) is 0.732. The Balaban J connectivity index is 1.70. The van der Waals surface area contributed by atoms with Crippen LogP contribution in [0.2, 0.25) is 0 Å². The zero-order valence-corrected chi connectivity index (χ0v) is 10.6. The molecular weight excluding hydrogens is 180 g/mol. The van der Waals surface area contributed by atoms with Crippen molar-refractivity contribution in [2.45, 2.75) is 84.0 Å². The molecule has 0 heterocycles. The maximum Gasteiger partial charge on any atom is -0.0326 e. The van der Waals surface area contributed by atoms with E-state index in [4.69, 9.17) is 0 Å². The molecule has 0 radical (unpaired) electrons. The molecule has 0 saturated heterocycles. The minimum atomic E-state index is 0.732. The fraction of sp³-hybridized carbons (Fsp3) is 1.00. The summed E-state index contributed by atoms with van der Waals surface area (Å²) in [4.78, 5) is 0. The summed E-state index contributed by atoms with van der Waals surface area (Å²) in [6, 6.07) is 0. The van der Waals surface area contributed by atoms with Gasteiger partial charge in [0.15, 0.2) is 0 Å². The average molecular weight is 208 g/mol. The monoisotopic (exact) mass is 208 g/mol. The van der Waals surface area contributed by atoms with E-state index < -0.39 is 0 Å². The largest absolute Gasteiger partial charge is 0.0596 e. The van der Waals surface area contributed by atoms with Gasteiger partial charge in [-0.3, -0.25) is 0 Å². The first kappa shape index (κ1) is 11.5. The predicted molar refractivity (Wildman–Crippen MR) is 67.0 cm³/mol. The topological polar surface area (TPSA) is 0 Å². The molecule has 2 saturated carbocycles. The summed E-state index contributed by atoms with van der Waals surface area (Å²) in [5.74, 6) is 1.09. The van der Waals surface area contributed by atoms with Crippen molar-refractivity contribution in [1.29, 1.82) is 0 Å². The zero-order valence-electron chi connectivity index (χ0n) is 10.6. The quantitative estimate of drug-likeness (QED) is 0.589. The normalized spacial score (nSPS) is 27.8. The van der Waals surface area contributed by atoms with Gasteiger partial charge in [-0.2, -0.15) is 0 Å². The van der Waals surface area contributed by atoms with Gasteiger partial charge in [-0.05, 0) is 37.0 Å². The SMILES string of the molecule is CC1(CCC2CCCCC2)CCCCC1. The van der Waals surface area contributed by atoms with Crippen molar-refractivity contribution in [3.05, 3.63) is 0 Å². The van der Waals surface area contributed by atoms with E-state index in [0.29, 0.717) is 0 Å². The van der Waals surface area contributed by atoms with E-state index in [-0.39, 0.29) is 0 Å². The van der Waals surface area contributed by atoms with Gasteiger partial charge >= 0.3 is 0 Å². The van der Waals surface area contributed by atoms with Crippen molar-refractivity contribution in [1.82, 2.24) is 0 Å². The smallest absolute Gasteiger partial charge is 0.0326 e. The van der Waals surface area contributed by atoms with Gasteiger partial charge in [0.2, 0.25) is 0 Å². The Kier molecular flexibility index (Phi) is 4.11. The molecule has 0 aromatic carbocycles. The van der Waals surface area contributed by atoms with Gasteiger partial charge in [-0.1, -0.05) is 58.3 Å². The van der Waals surface area contributed by atoms with Crippen LogP contribution in [0.4, 0.5) is 0 Å². The van der Waals surface area contributed by atoms with Crippen LogP contribution in [-0.4, -0.2) is 0 Å². The molecule has 0 heteroatoms. The molecule has 2 aliphatic rings. The molecule has 0 unspecified atom stereocenters. The van der Waals surface area contributed by atoms with E-state index in [2.05, 4.69) is 6.92 Å². The van der Waals surface area contributed by atoms with Crippen LogP contribution in [0.3, 0.4) is 0 Å². The third-order valence-electron chi connectivity index (χ3n) is 4.94. The lowest BCUT2D eigenvalue weighted by Crippen LogP contribution is -2.21. The first-order chi connectivity index (χ1) is 7.29. The molecule has 0 bridgehead atoms. The lowest BCUT2D eigenvalue weighted by Gasteiger charge is -2.35. The van der Waals surface area contributed by atoms with Crippen LogP contribution in [-0.2, 0) is 0 Å². The summed E-state index contributed by atoms with van der Waals surface area (Å²) in [7, 11) is 0. The Morgan fingerprint density at radius 1 is 0.867 bits per heavy atom. The van der Waals surface area contributed by atoms with Gasteiger partial charge in [-0.25, -0.2) is 0 Å². The van der Waals surface area contributed by atoms with Gasteiger partial charge in [0.25, 0.3) is 0 Å². The maximum absolute atomic E-state index is 2.55. The first-order valence-electron chi connectivity index (χ1n) is 7.29. The van der Waals surface area contributed by atoms with Crippen LogP contribution in [0.15, 0.2) is 0 Å². The Bertz CT molecular complexity index is 170. The third kappa shape index (κ3) is 3.50. The van der Waals surface area contributed by atoms with Crippen LogP contribution < -0.4 is 0 Å². The summed E-state index contributed by atoms with van der Waals surface area (Å²) in [6.07, 6.45) is 18.2. The van der Waals surface area contributed by atoms with E-state index in [1.54, 1.807) is 0 Å². The molecule has 2 fully saturated rings. The minimum Gasteiger partial charge on any atom is -0.0596 e. The molecule has 0 aromatic rings. The van der Waals surface area contributed by atoms with Crippen molar-refractivity contribution in [2.24, 2.45) is 11.3 Å². The van der Waals surface area contributed by atoms with E-state index in [1.807, 2.05) is 0 Å². The van der Waals surface area contributed by atoms with Gasteiger partial charge in [-0.15, -0.1) is 0 Å². The second-order valence-electron chi connectivity index (χ2n) is 6.41. The molecule has 0 aliphatic heterocycles. The van der Waals surface area contributed by atoms with E-state index >= 15 is 0 Å². The molecule has 88 valence electrons. The fourth-order valence-corrected chi connectivity index (χ4v) is 3.68. The molecule has 0 N–H and O–H groups in total. The van der Waals surface area contributed by atoms with Crippen molar-refractivity contribution in [2.75, 3.05) is 0 Å². The highest BCUT2D eigenvalue weighted by atomic mass is 14.3. The van der Waals surface area contributed by atoms with Crippen LogP contribution in [0.25, 0.3) is 0 Å². The van der Waals surface area contributed by atoms with Crippen LogP contribution in [0.1, 0.15) is 84.0 Å². The number of hydrogen-bond donors (Lipinski definition) is 0. The maximum atomic E-state index is 2.55. The van der Waals surface area contributed by atoms with Crippen LogP contribution in [0, 0.1) is 11.3 Å². The van der Waals surface area contributed by atoms with Crippen molar-refractivity contribution in [3.63, 3.8) is 0 Å². The fourth-order valence-electron chi connectivity index (χ4n) is 3.68. The molecule has 15 heavy (non-hydrogen) atoms. The van der Waals surface area contributed by atoms with Crippen molar-refractivity contribution < 1.29 is 0 Å². The van der Waals surface area contributed by atoms with E-state index in [9.17, 15) is 0 Å². The average Bonchev–Trinajstić information content (AvgIpc) is 2.29. The Labute approximate surface area is 95.8 Å². The molecule has 0 aromatic heterocycles. The van der Waals surface area contributed by atoms with Gasteiger partial charge in [0.05, 0.1) is 0 Å².